The monoisotopic (exact) mass is 242 g/mol. The number of esters is 1. The maximum Gasteiger partial charge on any atom is 0.307 e. The molecule has 0 aromatic heterocycles. The first-order valence-corrected chi connectivity index (χ1v) is 5.92. The molecule has 1 rings (SSSR count). The summed E-state index contributed by atoms with van der Waals surface area (Å²) in [6.07, 6.45) is 0.101. The molecule has 1 saturated heterocycles. The molecule has 1 unspecified atom stereocenters. The van der Waals surface area contributed by atoms with Crippen LogP contribution in [0, 0.1) is 0 Å². The molecule has 5 nitrogen and oxygen atoms in total. The minimum atomic E-state index is -0.439. The molecule has 0 bridgehead atoms. The molecule has 17 heavy (non-hydrogen) atoms. The molecule has 1 aliphatic rings. The highest BCUT2D eigenvalue weighted by Crippen LogP contribution is 2.26. The summed E-state index contributed by atoms with van der Waals surface area (Å²) < 4.78 is 4.65. The van der Waals surface area contributed by atoms with E-state index in [0.717, 1.165) is 0 Å². The van der Waals surface area contributed by atoms with Gasteiger partial charge in [-0.15, -0.1) is 0 Å². The largest absolute Gasteiger partial charge is 0.469 e. The lowest BCUT2D eigenvalue weighted by atomic mass is 9.92. The van der Waals surface area contributed by atoms with E-state index in [4.69, 9.17) is 0 Å². The molecule has 0 aliphatic carbocycles. The maximum absolute atomic E-state index is 11.9. The van der Waals surface area contributed by atoms with Crippen molar-refractivity contribution in [3.63, 3.8) is 0 Å². The fourth-order valence-corrected chi connectivity index (χ4v) is 2.55. The molecule has 0 aromatic carbocycles. The molecule has 1 fully saturated rings. The van der Waals surface area contributed by atoms with Crippen LogP contribution in [0.1, 0.15) is 34.1 Å². The normalized spacial score (nSPS) is 24.6. The van der Waals surface area contributed by atoms with Gasteiger partial charge in [0.2, 0.25) is 5.91 Å². The van der Waals surface area contributed by atoms with E-state index in [2.05, 4.69) is 28.8 Å². The number of ether oxygens (including phenoxy) is 1. The molecule has 5 heteroatoms. The SMILES string of the molecule is COC(=O)CC1C(=O)NCC(C)(C)N1C(C)C. The van der Waals surface area contributed by atoms with Gasteiger partial charge in [0.15, 0.2) is 0 Å². The third-order valence-electron chi connectivity index (χ3n) is 3.18. The van der Waals surface area contributed by atoms with Crippen LogP contribution in [0.15, 0.2) is 0 Å². The van der Waals surface area contributed by atoms with Crippen molar-refractivity contribution < 1.29 is 14.3 Å². The molecule has 0 spiro atoms. The molecule has 1 heterocycles. The van der Waals surface area contributed by atoms with E-state index in [0.29, 0.717) is 6.54 Å². The lowest BCUT2D eigenvalue weighted by Crippen LogP contribution is -2.67. The highest BCUT2D eigenvalue weighted by molar-refractivity contribution is 5.87. The highest BCUT2D eigenvalue weighted by Gasteiger charge is 2.43. The number of nitrogens with zero attached hydrogens (tertiary/aromatic N) is 1. The molecule has 98 valence electrons. The Bertz CT molecular complexity index is 313. The highest BCUT2D eigenvalue weighted by atomic mass is 16.5. The molecule has 1 atom stereocenters. The summed E-state index contributed by atoms with van der Waals surface area (Å²) in [6, 6.07) is -0.239. The van der Waals surface area contributed by atoms with E-state index < -0.39 is 6.04 Å². The minimum Gasteiger partial charge on any atom is -0.469 e. The summed E-state index contributed by atoms with van der Waals surface area (Å²) in [5.74, 6) is -0.447. The third-order valence-corrected chi connectivity index (χ3v) is 3.18. The van der Waals surface area contributed by atoms with Gasteiger partial charge in [-0.3, -0.25) is 14.5 Å². The third kappa shape index (κ3) is 2.97. The first-order chi connectivity index (χ1) is 7.79. The van der Waals surface area contributed by atoms with Gasteiger partial charge in [0.1, 0.15) is 6.04 Å². The maximum atomic E-state index is 11.9. The quantitative estimate of drug-likeness (QED) is 0.734. The summed E-state index contributed by atoms with van der Waals surface area (Å²) in [7, 11) is 1.34. The van der Waals surface area contributed by atoms with Crippen molar-refractivity contribution in [2.75, 3.05) is 13.7 Å². The molecule has 0 saturated carbocycles. The van der Waals surface area contributed by atoms with Crippen LogP contribution in [-0.2, 0) is 14.3 Å². The smallest absolute Gasteiger partial charge is 0.307 e. The fraction of sp³-hybridized carbons (Fsp3) is 0.833. The predicted molar refractivity (Wildman–Crippen MR) is 64.5 cm³/mol. The van der Waals surface area contributed by atoms with Crippen LogP contribution in [0.25, 0.3) is 0 Å². The molecular formula is C12H22N2O3. The molecule has 1 N–H and O–H groups in total. The number of rotatable bonds is 3. The van der Waals surface area contributed by atoms with Gasteiger partial charge in [0.25, 0.3) is 0 Å². The summed E-state index contributed by atoms with van der Waals surface area (Å²) in [5.41, 5.74) is -0.152. The zero-order valence-corrected chi connectivity index (χ0v) is 11.2. The van der Waals surface area contributed by atoms with Gasteiger partial charge in [-0.1, -0.05) is 0 Å². The molecule has 1 aliphatic heterocycles. The summed E-state index contributed by atoms with van der Waals surface area (Å²) in [5, 5.41) is 2.85. The fourth-order valence-electron chi connectivity index (χ4n) is 2.55. The average Bonchev–Trinajstić information content (AvgIpc) is 2.22. The van der Waals surface area contributed by atoms with E-state index in [1.807, 2.05) is 13.8 Å². The number of piperazine rings is 1. The zero-order chi connectivity index (χ0) is 13.2. The number of hydrogen-bond donors (Lipinski definition) is 1. The Labute approximate surface area is 102 Å². The van der Waals surface area contributed by atoms with Crippen molar-refractivity contribution in [3.8, 4) is 0 Å². The van der Waals surface area contributed by atoms with Crippen LogP contribution in [0.4, 0.5) is 0 Å². The first kappa shape index (κ1) is 14.0. The Balaban J connectivity index is 2.94. The van der Waals surface area contributed by atoms with Gasteiger partial charge in [0.05, 0.1) is 13.5 Å². The molecular weight excluding hydrogens is 220 g/mol. The van der Waals surface area contributed by atoms with Gasteiger partial charge in [0, 0.05) is 18.1 Å². The van der Waals surface area contributed by atoms with Crippen molar-refractivity contribution in [1.82, 2.24) is 10.2 Å². The molecule has 0 aromatic rings. The second-order valence-corrected chi connectivity index (χ2v) is 5.33. The summed E-state index contributed by atoms with van der Waals surface area (Å²) >= 11 is 0. The van der Waals surface area contributed by atoms with Crippen LogP contribution >= 0.6 is 0 Å². The summed E-state index contributed by atoms with van der Waals surface area (Å²) in [4.78, 5) is 25.3. The van der Waals surface area contributed by atoms with E-state index >= 15 is 0 Å². The Morgan fingerprint density at radius 3 is 2.65 bits per heavy atom. The van der Waals surface area contributed by atoms with Crippen molar-refractivity contribution >= 4 is 11.9 Å². The average molecular weight is 242 g/mol. The van der Waals surface area contributed by atoms with Gasteiger partial charge in [-0.2, -0.15) is 0 Å². The molecule has 0 radical (unpaired) electrons. The van der Waals surface area contributed by atoms with Crippen LogP contribution in [0.2, 0.25) is 0 Å². The van der Waals surface area contributed by atoms with E-state index in [1.54, 1.807) is 0 Å². The number of carbonyl (C=O) groups excluding carboxylic acids is 2. The van der Waals surface area contributed by atoms with Crippen molar-refractivity contribution in [3.05, 3.63) is 0 Å². The van der Waals surface area contributed by atoms with Crippen LogP contribution in [0.3, 0.4) is 0 Å². The number of carbonyl (C=O) groups is 2. The van der Waals surface area contributed by atoms with Crippen molar-refractivity contribution in [2.24, 2.45) is 0 Å². The van der Waals surface area contributed by atoms with E-state index in [-0.39, 0.29) is 29.9 Å². The number of hydrogen-bond acceptors (Lipinski definition) is 4. The number of amides is 1. The Kier molecular flexibility index (Phi) is 4.14. The van der Waals surface area contributed by atoms with Gasteiger partial charge in [-0.25, -0.2) is 0 Å². The van der Waals surface area contributed by atoms with Gasteiger partial charge in [-0.05, 0) is 27.7 Å². The number of methoxy groups -OCH3 is 1. The summed E-state index contributed by atoms with van der Waals surface area (Å²) in [6.45, 7) is 8.80. The Morgan fingerprint density at radius 1 is 1.59 bits per heavy atom. The van der Waals surface area contributed by atoms with Gasteiger partial charge < -0.3 is 10.1 Å². The standard InChI is InChI=1S/C12H22N2O3/c1-8(2)14-9(6-10(15)17-5)11(16)13-7-12(14,3)4/h8-9H,6-7H2,1-5H3,(H,13,16). The van der Waals surface area contributed by atoms with Crippen molar-refractivity contribution in [2.45, 2.75) is 51.7 Å². The Morgan fingerprint density at radius 2 is 2.18 bits per heavy atom. The predicted octanol–water partition coefficient (Wildman–Crippen LogP) is 0.537. The first-order valence-electron chi connectivity index (χ1n) is 5.92. The van der Waals surface area contributed by atoms with Crippen LogP contribution in [0.5, 0.6) is 0 Å². The second-order valence-electron chi connectivity index (χ2n) is 5.33. The lowest BCUT2D eigenvalue weighted by molar-refractivity contribution is -0.149. The lowest BCUT2D eigenvalue weighted by Gasteiger charge is -2.49. The van der Waals surface area contributed by atoms with E-state index in [1.165, 1.54) is 7.11 Å². The topological polar surface area (TPSA) is 58.6 Å². The van der Waals surface area contributed by atoms with Crippen LogP contribution < -0.4 is 5.32 Å². The van der Waals surface area contributed by atoms with Crippen LogP contribution in [-0.4, -0.2) is 48.1 Å². The van der Waals surface area contributed by atoms with Crippen molar-refractivity contribution in [1.29, 1.82) is 0 Å². The number of nitrogens with one attached hydrogen (secondary N) is 1. The second kappa shape index (κ2) is 5.04. The van der Waals surface area contributed by atoms with Gasteiger partial charge >= 0.3 is 5.97 Å². The minimum absolute atomic E-state index is 0.0941. The molecule has 1 amide bonds. The zero-order valence-electron chi connectivity index (χ0n) is 11.2. The Hall–Kier alpha value is -1.10. The van der Waals surface area contributed by atoms with E-state index in [9.17, 15) is 9.59 Å².